The molecule has 2 atom stereocenters. The second-order valence-electron chi connectivity index (χ2n) is 6.81. The zero-order valence-corrected chi connectivity index (χ0v) is 17.1. The minimum Gasteiger partial charge on any atom is -0.453 e. The molecule has 0 bridgehead atoms. The fraction of sp³-hybridized carbons (Fsp3) is 0.333. The van der Waals surface area contributed by atoms with Crippen LogP contribution in [-0.2, 0) is 9.47 Å². The molecule has 29 heavy (non-hydrogen) atoms. The number of esters is 1. The van der Waals surface area contributed by atoms with Gasteiger partial charge in [0.1, 0.15) is 11.6 Å². The van der Waals surface area contributed by atoms with E-state index in [0.717, 1.165) is 23.9 Å². The number of anilines is 1. The molecule has 1 fully saturated rings. The first-order valence-electron chi connectivity index (χ1n) is 9.46. The Hall–Kier alpha value is -2.71. The van der Waals surface area contributed by atoms with Crippen LogP contribution in [0.5, 0.6) is 0 Å². The maximum Gasteiger partial charge on any atom is 0.338 e. The lowest BCUT2D eigenvalue weighted by molar-refractivity contribution is 0.0330. The van der Waals surface area contributed by atoms with E-state index in [1.807, 2.05) is 37.4 Å². The number of pyridine rings is 1. The topological polar surface area (TPSA) is 86.2 Å². The molecule has 3 aromatic rings. The number of rotatable bonds is 6. The third kappa shape index (κ3) is 4.49. The molecule has 0 amide bonds. The highest BCUT2D eigenvalue weighted by atomic mass is 32.2. The maximum absolute atomic E-state index is 12.4. The summed E-state index contributed by atoms with van der Waals surface area (Å²) in [5.74, 6) is 0.279. The monoisotopic (exact) mass is 410 g/mol. The predicted octanol–water partition coefficient (Wildman–Crippen LogP) is 3.87. The largest absolute Gasteiger partial charge is 0.453 e. The molecule has 4 rings (SSSR count). The van der Waals surface area contributed by atoms with Gasteiger partial charge in [0.25, 0.3) is 0 Å². The van der Waals surface area contributed by atoms with Crippen molar-refractivity contribution in [1.29, 1.82) is 0 Å². The predicted molar refractivity (Wildman–Crippen MR) is 112 cm³/mol. The van der Waals surface area contributed by atoms with E-state index in [9.17, 15) is 4.79 Å². The molecule has 150 valence electrons. The van der Waals surface area contributed by atoms with Gasteiger partial charge in [-0.25, -0.2) is 19.7 Å². The van der Waals surface area contributed by atoms with Crippen LogP contribution in [0.3, 0.4) is 0 Å². The van der Waals surface area contributed by atoms with Gasteiger partial charge in [-0.05, 0) is 37.8 Å². The number of carbonyl (C=O) groups is 1. The van der Waals surface area contributed by atoms with Crippen molar-refractivity contribution in [2.24, 2.45) is 0 Å². The van der Waals surface area contributed by atoms with Gasteiger partial charge in [-0.1, -0.05) is 30.0 Å². The van der Waals surface area contributed by atoms with Gasteiger partial charge < -0.3 is 14.8 Å². The Morgan fingerprint density at radius 2 is 2.14 bits per heavy atom. The Morgan fingerprint density at radius 3 is 2.86 bits per heavy atom. The van der Waals surface area contributed by atoms with Crippen LogP contribution >= 0.6 is 11.8 Å². The molecule has 1 aromatic carbocycles. The van der Waals surface area contributed by atoms with Crippen molar-refractivity contribution in [2.45, 2.75) is 30.6 Å². The van der Waals surface area contributed by atoms with E-state index >= 15 is 0 Å². The van der Waals surface area contributed by atoms with Gasteiger partial charge in [-0.15, -0.1) is 0 Å². The van der Waals surface area contributed by atoms with Crippen LogP contribution in [0.2, 0.25) is 0 Å². The van der Waals surface area contributed by atoms with Crippen LogP contribution in [0.4, 0.5) is 5.82 Å². The molecule has 0 radical (unpaired) electrons. The van der Waals surface area contributed by atoms with Crippen molar-refractivity contribution in [3.8, 4) is 0 Å². The van der Waals surface area contributed by atoms with Crippen molar-refractivity contribution in [1.82, 2.24) is 15.0 Å². The SMILES string of the molecule is CSc1ncc2cc([C@@H](C)OC(=O)c3ccccc3)nc(NC3CCOC3)c2n1. The normalized spacial score (nSPS) is 17.2. The number of fused-ring (bicyclic) bond motifs is 1. The molecule has 8 heteroatoms. The van der Waals surface area contributed by atoms with E-state index < -0.39 is 6.10 Å². The standard InChI is InChI=1S/C21H22N4O3S/c1-13(28-20(26)14-6-4-3-5-7-14)17-10-15-11-22-21(29-2)25-18(15)19(24-17)23-16-8-9-27-12-16/h3-7,10-11,13,16H,8-9,12H2,1-2H3,(H,23,24)/t13-,16?/m1/s1. The molecule has 1 unspecified atom stereocenters. The average Bonchev–Trinajstić information content (AvgIpc) is 3.27. The lowest BCUT2D eigenvalue weighted by Gasteiger charge is -2.18. The second-order valence-corrected chi connectivity index (χ2v) is 7.58. The van der Waals surface area contributed by atoms with Gasteiger partial charge in [-0.3, -0.25) is 0 Å². The molecule has 1 aliphatic heterocycles. The van der Waals surface area contributed by atoms with Gasteiger partial charge in [0.05, 0.1) is 23.9 Å². The molecule has 3 heterocycles. The van der Waals surface area contributed by atoms with E-state index in [4.69, 9.17) is 14.5 Å². The average molecular weight is 410 g/mol. The first-order valence-corrected chi connectivity index (χ1v) is 10.7. The number of nitrogens with one attached hydrogen (secondary N) is 1. The number of ether oxygens (including phenoxy) is 2. The number of benzene rings is 1. The van der Waals surface area contributed by atoms with Crippen LogP contribution in [0, 0.1) is 0 Å². The van der Waals surface area contributed by atoms with E-state index in [1.54, 1.807) is 18.3 Å². The van der Waals surface area contributed by atoms with Gasteiger partial charge in [0, 0.05) is 18.2 Å². The number of hydrogen-bond acceptors (Lipinski definition) is 8. The van der Waals surface area contributed by atoms with Crippen molar-refractivity contribution < 1.29 is 14.3 Å². The highest BCUT2D eigenvalue weighted by Crippen LogP contribution is 2.28. The molecule has 0 spiro atoms. The van der Waals surface area contributed by atoms with E-state index in [-0.39, 0.29) is 12.0 Å². The third-order valence-electron chi connectivity index (χ3n) is 4.73. The molecular formula is C21H22N4O3S. The highest BCUT2D eigenvalue weighted by Gasteiger charge is 2.21. The van der Waals surface area contributed by atoms with E-state index in [2.05, 4.69) is 15.3 Å². The van der Waals surface area contributed by atoms with Crippen LogP contribution < -0.4 is 5.32 Å². The molecule has 0 saturated carbocycles. The van der Waals surface area contributed by atoms with Crippen molar-refractivity contribution in [3.05, 3.63) is 53.9 Å². The minimum absolute atomic E-state index is 0.177. The number of aromatic nitrogens is 3. The lowest BCUT2D eigenvalue weighted by Crippen LogP contribution is -2.21. The smallest absolute Gasteiger partial charge is 0.338 e. The number of carbonyl (C=O) groups excluding carboxylic acids is 1. The molecule has 1 saturated heterocycles. The molecule has 1 aliphatic rings. The summed E-state index contributed by atoms with van der Waals surface area (Å²) in [5, 5.41) is 4.97. The maximum atomic E-state index is 12.4. The van der Waals surface area contributed by atoms with Gasteiger partial charge in [0.15, 0.2) is 11.0 Å². The minimum atomic E-state index is -0.521. The molecule has 2 aromatic heterocycles. The fourth-order valence-corrected chi connectivity index (χ4v) is 3.50. The first kappa shape index (κ1) is 19.6. The Kier molecular flexibility index (Phi) is 5.92. The van der Waals surface area contributed by atoms with Gasteiger partial charge >= 0.3 is 5.97 Å². The van der Waals surface area contributed by atoms with E-state index in [1.165, 1.54) is 11.8 Å². The summed E-state index contributed by atoms with van der Waals surface area (Å²) in [6.45, 7) is 3.17. The van der Waals surface area contributed by atoms with Gasteiger partial charge in [-0.2, -0.15) is 0 Å². The number of hydrogen-bond donors (Lipinski definition) is 1. The summed E-state index contributed by atoms with van der Waals surface area (Å²) < 4.78 is 11.1. The summed E-state index contributed by atoms with van der Waals surface area (Å²) >= 11 is 1.48. The first-order chi connectivity index (χ1) is 14.1. The lowest BCUT2D eigenvalue weighted by atomic mass is 10.1. The van der Waals surface area contributed by atoms with Crippen LogP contribution in [0.1, 0.15) is 35.5 Å². The van der Waals surface area contributed by atoms with Crippen LogP contribution in [0.25, 0.3) is 10.9 Å². The summed E-state index contributed by atoms with van der Waals surface area (Å²) in [5.41, 5.74) is 1.90. The molecule has 0 aliphatic carbocycles. The molecule has 7 nitrogen and oxygen atoms in total. The Morgan fingerprint density at radius 1 is 1.31 bits per heavy atom. The zero-order valence-electron chi connectivity index (χ0n) is 16.3. The molecular weight excluding hydrogens is 388 g/mol. The van der Waals surface area contributed by atoms with Crippen LogP contribution in [0.15, 0.2) is 47.8 Å². The van der Waals surface area contributed by atoms with Crippen LogP contribution in [-0.4, -0.2) is 46.4 Å². The highest BCUT2D eigenvalue weighted by molar-refractivity contribution is 7.98. The summed E-state index contributed by atoms with van der Waals surface area (Å²) in [6, 6.07) is 11.0. The summed E-state index contributed by atoms with van der Waals surface area (Å²) in [7, 11) is 0. The summed E-state index contributed by atoms with van der Waals surface area (Å²) in [6.07, 6.45) is 4.10. The Labute approximate surface area is 173 Å². The van der Waals surface area contributed by atoms with Gasteiger partial charge in [0.2, 0.25) is 0 Å². The third-order valence-corrected chi connectivity index (χ3v) is 5.29. The van der Waals surface area contributed by atoms with Crippen molar-refractivity contribution >= 4 is 34.5 Å². The number of nitrogens with zero attached hydrogens (tertiary/aromatic N) is 3. The zero-order chi connectivity index (χ0) is 20.2. The van der Waals surface area contributed by atoms with Crippen molar-refractivity contribution in [2.75, 3.05) is 24.8 Å². The van der Waals surface area contributed by atoms with Crippen molar-refractivity contribution in [3.63, 3.8) is 0 Å². The Balaban J connectivity index is 1.65. The fourth-order valence-electron chi connectivity index (χ4n) is 3.16. The number of thioether (sulfide) groups is 1. The molecule has 1 N–H and O–H groups in total. The summed E-state index contributed by atoms with van der Waals surface area (Å²) in [4.78, 5) is 26.2. The Bertz CT molecular complexity index is 1010. The van der Waals surface area contributed by atoms with E-state index in [0.29, 0.717) is 28.8 Å². The second kappa shape index (κ2) is 8.75. The quantitative estimate of drug-likeness (QED) is 0.372.